The lowest BCUT2D eigenvalue weighted by atomic mass is 10.0. The van der Waals surface area contributed by atoms with E-state index in [0.717, 1.165) is 37.2 Å². The van der Waals surface area contributed by atoms with E-state index < -0.39 is 6.17 Å². The Morgan fingerprint density at radius 3 is 2.59 bits per heavy atom. The van der Waals surface area contributed by atoms with Gasteiger partial charge in [0.2, 0.25) is 0 Å². The first-order chi connectivity index (χ1) is 16.7. The third-order valence-corrected chi connectivity index (χ3v) is 6.28. The Kier molecular flexibility index (Phi) is 6.08. The number of hydrogen-bond acceptors (Lipinski definition) is 5. The van der Waals surface area contributed by atoms with Crippen molar-refractivity contribution in [2.75, 3.05) is 37.0 Å². The van der Waals surface area contributed by atoms with E-state index in [1.807, 2.05) is 77.7 Å². The van der Waals surface area contributed by atoms with Crippen LogP contribution in [-0.2, 0) is 4.79 Å². The van der Waals surface area contributed by atoms with Crippen molar-refractivity contribution in [1.82, 2.24) is 4.90 Å². The summed E-state index contributed by atoms with van der Waals surface area (Å²) < 4.78 is 11.4. The Morgan fingerprint density at radius 1 is 1.00 bits per heavy atom. The van der Waals surface area contributed by atoms with Gasteiger partial charge in [0.25, 0.3) is 11.8 Å². The minimum atomic E-state index is -0.535. The standard InChI is InChI=1S/C27H27N3O4/c1-33-20-10-8-9-19(17-20)30-26(28-23-13-4-2-11-21(23)27(30)32)22-12-3-5-14-24(22)34-18-25(31)29-15-6-7-16-29/h2-5,8-14,17,26,28H,6-7,15-16,18H2,1H3/t26-/m1/s1. The molecule has 1 atom stereocenters. The molecule has 0 bridgehead atoms. The summed E-state index contributed by atoms with van der Waals surface area (Å²) in [5.74, 6) is 1.07. The number of para-hydroxylation sites is 2. The highest BCUT2D eigenvalue weighted by Crippen LogP contribution is 2.40. The number of anilines is 2. The van der Waals surface area contributed by atoms with Gasteiger partial charge in [0.05, 0.1) is 18.4 Å². The lowest BCUT2D eigenvalue weighted by Crippen LogP contribution is -2.43. The number of ether oxygens (including phenoxy) is 2. The number of fused-ring (bicyclic) bond motifs is 1. The highest BCUT2D eigenvalue weighted by molar-refractivity contribution is 6.12. The van der Waals surface area contributed by atoms with Crippen LogP contribution in [0.25, 0.3) is 0 Å². The van der Waals surface area contributed by atoms with Gasteiger partial charge in [-0.15, -0.1) is 0 Å². The Morgan fingerprint density at radius 2 is 1.76 bits per heavy atom. The van der Waals surface area contributed by atoms with Crippen molar-refractivity contribution in [1.29, 1.82) is 0 Å². The monoisotopic (exact) mass is 457 g/mol. The zero-order chi connectivity index (χ0) is 23.5. The van der Waals surface area contributed by atoms with E-state index >= 15 is 0 Å². The molecule has 34 heavy (non-hydrogen) atoms. The number of benzene rings is 3. The van der Waals surface area contributed by atoms with Crippen LogP contribution >= 0.6 is 0 Å². The lowest BCUT2D eigenvalue weighted by Gasteiger charge is -2.38. The summed E-state index contributed by atoms with van der Waals surface area (Å²) in [5, 5.41) is 3.50. The Labute approximate surface area is 198 Å². The maximum absolute atomic E-state index is 13.7. The fourth-order valence-electron chi connectivity index (χ4n) is 4.53. The van der Waals surface area contributed by atoms with Crippen LogP contribution in [-0.4, -0.2) is 43.5 Å². The van der Waals surface area contributed by atoms with Crippen molar-refractivity contribution in [2.24, 2.45) is 0 Å². The van der Waals surface area contributed by atoms with E-state index in [1.54, 1.807) is 12.0 Å². The minimum absolute atomic E-state index is 0.0185. The number of carbonyl (C=O) groups is 2. The van der Waals surface area contributed by atoms with Crippen LogP contribution in [0.2, 0.25) is 0 Å². The Bertz CT molecular complexity index is 1210. The van der Waals surface area contributed by atoms with E-state index in [-0.39, 0.29) is 18.4 Å². The molecule has 0 radical (unpaired) electrons. The molecule has 0 aliphatic carbocycles. The average Bonchev–Trinajstić information content (AvgIpc) is 3.43. The van der Waals surface area contributed by atoms with Crippen LogP contribution in [0.15, 0.2) is 72.8 Å². The van der Waals surface area contributed by atoms with Crippen LogP contribution in [0.3, 0.4) is 0 Å². The van der Waals surface area contributed by atoms with E-state index in [2.05, 4.69) is 5.32 Å². The topological polar surface area (TPSA) is 71.1 Å². The van der Waals surface area contributed by atoms with Crippen LogP contribution in [0.4, 0.5) is 11.4 Å². The van der Waals surface area contributed by atoms with Gasteiger partial charge in [-0.2, -0.15) is 0 Å². The molecule has 7 nitrogen and oxygen atoms in total. The normalized spacial score (nSPS) is 17.2. The van der Waals surface area contributed by atoms with Crippen LogP contribution < -0.4 is 19.7 Å². The molecule has 0 spiro atoms. The number of carbonyl (C=O) groups excluding carboxylic acids is 2. The molecular weight excluding hydrogens is 430 g/mol. The number of nitrogens with zero attached hydrogens (tertiary/aromatic N) is 2. The highest BCUT2D eigenvalue weighted by atomic mass is 16.5. The summed E-state index contributed by atoms with van der Waals surface area (Å²) in [6.07, 6.45) is 1.53. The molecule has 2 aliphatic rings. The van der Waals surface area contributed by atoms with Gasteiger partial charge in [0.1, 0.15) is 17.7 Å². The van der Waals surface area contributed by atoms with Gasteiger partial charge in [-0.1, -0.05) is 36.4 Å². The molecule has 3 aromatic carbocycles. The molecule has 2 heterocycles. The zero-order valence-corrected chi connectivity index (χ0v) is 19.1. The minimum Gasteiger partial charge on any atom is -0.497 e. The number of methoxy groups -OCH3 is 1. The van der Waals surface area contributed by atoms with Crippen molar-refractivity contribution in [2.45, 2.75) is 19.0 Å². The molecule has 1 saturated heterocycles. The van der Waals surface area contributed by atoms with Gasteiger partial charge in [0, 0.05) is 30.4 Å². The summed E-state index contributed by atoms with van der Waals surface area (Å²) in [6, 6.07) is 22.4. The summed E-state index contributed by atoms with van der Waals surface area (Å²) in [7, 11) is 1.60. The molecule has 174 valence electrons. The predicted molar refractivity (Wildman–Crippen MR) is 130 cm³/mol. The van der Waals surface area contributed by atoms with Gasteiger partial charge in [-0.25, -0.2) is 0 Å². The molecule has 0 aromatic heterocycles. The summed E-state index contributed by atoms with van der Waals surface area (Å²) in [5.41, 5.74) is 2.80. The van der Waals surface area contributed by atoms with Crippen LogP contribution in [0.5, 0.6) is 11.5 Å². The first kappa shape index (κ1) is 21.8. The van der Waals surface area contributed by atoms with Crippen LogP contribution in [0, 0.1) is 0 Å². The Balaban J connectivity index is 1.51. The van der Waals surface area contributed by atoms with Gasteiger partial charge in [0.15, 0.2) is 6.61 Å². The van der Waals surface area contributed by atoms with Crippen molar-refractivity contribution < 1.29 is 19.1 Å². The predicted octanol–water partition coefficient (Wildman–Crippen LogP) is 4.47. The zero-order valence-electron chi connectivity index (χ0n) is 19.1. The maximum atomic E-state index is 13.7. The number of amides is 2. The maximum Gasteiger partial charge on any atom is 0.262 e. The fraction of sp³-hybridized carbons (Fsp3) is 0.259. The molecule has 7 heteroatoms. The second kappa shape index (κ2) is 9.47. The number of rotatable bonds is 6. The molecule has 5 rings (SSSR count). The molecule has 2 amide bonds. The van der Waals surface area contributed by atoms with Crippen LogP contribution in [0.1, 0.15) is 34.9 Å². The van der Waals surface area contributed by atoms with E-state index in [4.69, 9.17) is 9.47 Å². The first-order valence-electron chi connectivity index (χ1n) is 11.5. The first-order valence-corrected chi connectivity index (χ1v) is 11.5. The van der Waals surface area contributed by atoms with Crippen molar-refractivity contribution >= 4 is 23.2 Å². The summed E-state index contributed by atoms with van der Waals surface area (Å²) in [4.78, 5) is 29.8. The fourth-order valence-corrected chi connectivity index (χ4v) is 4.53. The van der Waals surface area contributed by atoms with Gasteiger partial charge >= 0.3 is 0 Å². The van der Waals surface area contributed by atoms with E-state index in [0.29, 0.717) is 22.7 Å². The third kappa shape index (κ3) is 4.17. The molecule has 2 aliphatic heterocycles. The largest absolute Gasteiger partial charge is 0.497 e. The summed E-state index contributed by atoms with van der Waals surface area (Å²) >= 11 is 0. The second-order valence-electron chi connectivity index (χ2n) is 8.38. The summed E-state index contributed by atoms with van der Waals surface area (Å²) in [6.45, 7) is 1.53. The highest BCUT2D eigenvalue weighted by Gasteiger charge is 2.35. The third-order valence-electron chi connectivity index (χ3n) is 6.28. The van der Waals surface area contributed by atoms with Crippen molar-refractivity contribution in [3.8, 4) is 11.5 Å². The smallest absolute Gasteiger partial charge is 0.262 e. The molecule has 1 fully saturated rings. The van der Waals surface area contributed by atoms with Gasteiger partial charge in [-0.05, 0) is 43.2 Å². The number of likely N-dealkylation sites (tertiary alicyclic amines) is 1. The average molecular weight is 458 g/mol. The molecule has 0 saturated carbocycles. The molecule has 1 N–H and O–H groups in total. The Hall–Kier alpha value is -4.00. The SMILES string of the molecule is COc1cccc(N2C(=O)c3ccccc3N[C@H]2c2ccccc2OCC(=O)N2CCCC2)c1. The lowest BCUT2D eigenvalue weighted by molar-refractivity contribution is -0.132. The molecule has 3 aromatic rings. The quantitative estimate of drug-likeness (QED) is 0.592. The van der Waals surface area contributed by atoms with E-state index in [1.165, 1.54) is 0 Å². The van der Waals surface area contributed by atoms with Gasteiger partial charge in [-0.3, -0.25) is 14.5 Å². The molecular formula is C27H27N3O4. The van der Waals surface area contributed by atoms with Crippen molar-refractivity contribution in [3.63, 3.8) is 0 Å². The van der Waals surface area contributed by atoms with Gasteiger partial charge < -0.3 is 19.7 Å². The van der Waals surface area contributed by atoms with Crippen molar-refractivity contribution in [3.05, 3.63) is 83.9 Å². The number of hydrogen-bond donors (Lipinski definition) is 1. The number of nitrogens with one attached hydrogen (secondary N) is 1. The van der Waals surface area contributed by atoms with E-state index in [9.17, 15) is 9.59 Å². The molecule has 0 unspecified atom stereocenters. The second-order valence-corrected chi connectivity index (χ2v) is 8.38.